The smallest absolute Gasteiger partial charge is 0.269 e. The van der Waals surface area contributed by atoms with Crippen LogP contribution in [0.5, 0.6) is 0 Å². The van der Waals surface area contributed by atoms with Crippen LogP contribution < -0.4 is 43.4 Å². The highest BCUT2D eigenvalue weighted by Gasteiger charge is 2.36. The molecule has 7 atom stereocenters. The van der Waals surface area contributed by atoms with E-state index >= 15 is 0 Å². The molecule has 0 bridgehead atoms. The van der Waals surface area contributed by atoms with Crippen molar-refractivity contribution in [2.75, 3.05) is 18.1 Å². The first-order valence-corrected chi connectivity index (χ1v) is 19.8. The summed E-state index contributed by atoms with van der Waals surface area (Å²) in [7, 11) is 0. The first kappa shape index (κ1) is 47.3. The molecule has 1 aromatic carbocycles. The molecule has 2 unspecified atom stereocenters. The predicted octanol–water partition coefficient (Wildman–Crippen LogP) is -1.12. The second-order valence-corrected chi connectivity index (χ2v) is 15.6. The van der Waals surface area contributed by atoms with Crippen molar-refractivity contribution in [3.63, 3.8) is 0 Å². The topological polar surface area (TPSA) is 307 Å². The highest BCUT2D eigenvalue weighted by molar-refractivity contribution is 7.99. The van der Waals surface area contributed by atoms with Crippen molar-refractivity contribution in [1.82, 2.24) is 31.9 Å². The van der Waals surface area contributed by atoms with Gasteiger partial charge in [-0.2, -0.15) is 11.8 Å². The number of hydrogen-bond acceptors (Lipinski definition) is 12. The van der Waals surface area contributed by atoms with Crippen LogP contribution in [0.4, 0.5) is 5.69 Å². The second kappa shape index (κ2) is 23.3. The SMILES string of the molecule is CC(C)[C@H](NC(=O)C1CSCCCCCC(=O)NC(CCN)C(=O)N1)C(=O)N[C@H](C(=O)N[C@H](C(=O)N[C@@H](Cc1ccc([N+](=O)[O-])cc1)C(N)=O)[C@@H](C)O)C(C)C. The third-order valence-corrected chi connectivity index (χ3v) is 10.2. The van der Waals surface area contributed by atoms with E-state index in [1.54, 1.807) is 27.7 Å². The van der Waals surface area contributed by atoms with E-state index < -0.39 is 94.6 Å². The highest BCUT2D eigenvalue weighted by Crippen LogP contribution is 2.15. The van der Waals surface area contributed by atoms with E-state index in [1.165, 1.54) is 43.0 Å². The van der Waals surface area contributed by atoms with Gasteiger partial charge in [-0.05, 0) is 55.9 Å². The molecule has 1 saturated heterocycles. The molecular weight excluding hydrogens is 751 g/mol. The van der Waals surface area contributed by atoms with E-state index in [2.05, 4.69) is 31.9 Å². The number of rotatable bonds is 17. The van der Waals surface area contributed by atoms with Crippen molar-refractivity contribution in [3.05, 3.63) is 39.9 Å². The monoisotopic (exact) mass is 807 g/mol. The number of nitro groups is 1. The van der Waals surface area contributed by atoms with E-state index in [0.29, 0.717) is 17.7 Å². The maximum atomic E-state index is 13.7. The van der Waals surface area contributed by atoms with Crippen molar-refractivity contribution in [2.24, 2.45) is 23.3 Å². The first-order chi connectivity index (χ1) is 26.4. The fourth-order valence-corrected chi connectivity index (χ4v) is 6.76. The van der Waals surface area contributed by atoms with Gasteiger partial charge in [0.05, 0.1) is 11.0 Å². The summed E-state index contributed by atoms with van der Waals surface area (Å²) in [6, 6.07) is -2.11. The molecule has 0 spiro atoms. The van der Waals surface area contributed by atoms with Crippen LogP contribution in [0.1, 0.15) is 72.3 Å². The largest absolute Gasteiger partial charge is 0.391 e. The lowest BCUT2D eigenvalue weighted by Gasteiger charge is -2.30. The molecule has 0 aromatic heterocycles. The van der Waals surface area contributed by atoms with Crippen molar-refractivity contribution in [1.29, 1.82) is 0 Å². The summed E-state index contributed by atoms with van der Waals surface area (Å²) in [6.07, 6.45) is 1.05. The Morgan fingerprint density at radius 3 is 1.98 bits per heavy atom. The molecule has 20 heteroatoms. The number of primary amides is 1. The summed E-state index contributed by atoms with van der Waals surface area (Å²) in [5.74, 6) is -5.17. The summed E-state index contributed by atoms with van der Waals surface area (Å²) in [5.41, 5.74) is 11.5. The molecule has 19 nitrogen and oxygen atoms in total. The Bertz CT molecular complexity index is 1540. The fourth-order valence-electron chi connectivity index (χ4n) is 5.71. The van der Waals surface area contributed by atoms with Crippen LogP contribution in [0, 0.1) is 22.0 Å². The van der Waals surface area contributed by atoms with Crippen molar-refractivity contribution < 1.29 is 43.6 Å². The molecule has 1 aliphatic heterocycles. The van der Waals surface area contributed by atoms with Gasteiger partial charge < -0.3 is 48.5 Å². The summed E-state index contributed by atoms with van der Waals surface area (Å²) in [6.45, 7) is 7.98. The molecule has 56 heavy (non-hydrogen) atoms. The minimum atomic E-state index is -1.60. The maximum absolute atomic E-state index is 13.7. The van der Waals surface area contributed by atoms with Gasteiger partial charge in [0.2, 0.25) is 41.4 Å². The van der Waals surface area contributed by atoms with Crippen molar-refractivity contribution in [3.8, 4) is 0 Å². The molecule has 0 radical (unpaired) electrons. The van der Waals surface area contributed by atoms with Gasteiger partial charge in [-0.1, -0.05) is 46.2 Å². The number of nitrogens with two attached hydrogens (primary N) is 2. The molecule has 0 saturated carbocycles. The van der Waals surface area contributed by atoms with Gasteiger partial charge in [-0.15, -0.1) is 0 Å². The lowest BCUT2D eigenvalue weighted by molar-refractivity contribution is -0.384. The quantitative estimate of drug-likeness (QED) is 0.0668. The van der Waals surface area contributed by atoms with E-state index in [0.717, 1.165) is 12.8 Å². The third-order valence-electron chi connectivity index (χ3n) is 9.02. The number of carbonyl (C=O) groups excluding carboxylic acids is 7. The van der Waals surface area contributed by atoms with Crippen LogP contribution in [0.2, 0.25) is 0 Å². The van der Waals surface area contributed by atoms with E-state index in [1.807, 2.05) is 0 Å². The Hall–Kier alpha value is -4.82. The number of nitrogens with one attached hydrogen (secondary N) is 6. The van der Waals surface area contributed by atoms with Crippen molar-refractivity contribution >= 4 is 58.8 Å². The molecule has 2 rings (SSSR count). The van der Waals surface area contributed by atoms with Crippen LogP contribution in [-0.4, -0.2) is 112 Å². The normalized spacial score (nSPS) is 19.6. The summed E-state index contributed by atoms with van der Waals surface area (Å²) in [4.78, 5) is 103. The van der Waals surface area contributed by atoms with Gasteiger partial charge in [-0.25, -0.2) is 0 Å². The lowest BCUT2D eigenvalue weighted by atomic mass is 9.98. The number of aliphatic hydroxyl groups excluding tert-OH is 1. The zero-order valence-corrected chi connectivity index (χ0v) is 33.3. The summed E-state index contributed by atoms with van der Waals surface area (Å²) < 4.78 is 0. The summed E-state index contributed by atoms with van der Waals surface area (Å²) >= 11 is 1.45. The Labute approximate surface area is 330 Å². The van der Waals surface area contributed by atoms with Crippen LogP contribution in [-0.2, 0) is 40.0 Å². The first-order valence-electron chi connectivity index (χ1n) is 18.7. The predicted molar refractivity (Wildman–Crippen MR) is 208 cm³/mol. The van der Waals surface area contributed by atoms with Gasteiger partial charge in [-0.3, -0.25) is 43.7 Å². The third kappa shape index (κ3) is 15.4. The number of benzene rings is 1. The molecule has 0 aliphatic carbocycles. The van der Waals surface area contributed by atoms with Crippen molar-refractivity contribution in [2.45, 2.75) is 115 Å². The number of thioether (sulfide) groups is 1. The molecule has 1 aromatic rings. The van der Waals surface area contributed by atoms with Crippen LogP contribution in [0.3, 0.4) is 0 Å². The maximum Gasteiger partial charge on any atom is 0.269 e. The lowest BCUT2D eigenvalue weighted by Crippen LogP contribution is -2.62. The van der Waals surface area contributed by atoms with E-state index in [4.69, 9.17) is 11.5 Å². The van der Waals surface area contributed by atoms with Gasteiger partial charge >= 0.3 is 0 Å². The minimum Gasteiger partial charge on any atom is -0.391 e. The van der Waals surface area contributed by atoms with Crippen LogP contribution in [0.25, 0.3) is 0 Å². The molecular formula is C36H57N9O10S. The van der Waals surface area contributed by atoms with Gasteiger partial charge in [0, 0.05) is 30.7 Å². The van der Waals surface area contributed by atoms with Gasteiger partial charge in [0.25, 0.3) is 5.69 Å². The highest BCUT2D eigenvalue weighted by atomic mass is 32.2. The van der Waals surface area contributed by atoms with E-state index in [-0.39, 0.29) is 43.2 Å². The number of nitro benzene ring substituents is 1. The fraction of sp³-hybridized carbons (Fsp3) is 0.639. The van der Waals surface area contributed by atoms with Gasteiger partial charge in [0.15, 0.2) is 0 Å². The Kier molecular flexibility index (Phi) is 19.7. The Morgan fingerprint density at radius 1 is 0.875 bits per heavy atom. The molecule has 1 fully saturated rings. The Balaban J connectivity index is 2.20. The molecule has 312 valence electrons. The number of non-ortho nitro benzene ring substituents is 1. The average Bonchev–Trinajstić information content (AvgIpc) is 3.13. The Morgan fingerprint density at radius 2 is 1.45 bits per heavy atom. The molecule has 7 amide bonds. The standard InChI is InChI=1S/C36H57N9O10S/c1-19(2)28(42-33(50)26-18-56-16-8-6-7-9-27(47)39-24(14-15-37)32(49)41-26)34(51)43-29(20(3)4)35(52)44-30(21(5)46)36(53)40-25(31(38)48)17-22-10-12-23(13-11-22)45(54)55/h10-13,19-21,24-26,28-30,46H,6-9,14-18,37H2,1-5H3,(H2,38,48)(H,39,47)(H,40,53)(H,41,49)(H,42,50)(H,43,51)(H,44,52)/t21-,24?,25+,26?,28+,29+,30+/m1/s1. The van der Waals surface area contributed by atoms with Gasteiger partial charge in [0.1, 0.15) is 36.3 Å². The minimum absolute atomic E-state index is 0.116. The average molecular weight is 808 g/mol. The van der Waals surface area contributed by atoms with Crippen LogP contribution in [0.15, 0.2) is 24.3 Å². The summed E-state index contributed by atoms with van der Waals surface area (Å²) in [5, 5.41) is 37.0. The zero-order valence-electron chi connectivity index (χ0n) is 32.5. The number of aliphatic hydroxyl groups is 1. The van der Waals surface area contributed by atoms with E-state index in [9.17, 15) is 48.8 Å². The zero-order chi connectivity index (χ0) is 42.1. The number of amides is 7. The number of carbonyl (C=O) groups is 7. The number of nitrogens with zero attached hydrogens (tertiary/aromatic N) is 1. The van der Waals surface area contributed by atoms with Crippen LogP contribution >= 0.6 is 11.8 Å². The molecule has 11 N–H and O–H groups in total. The molecule has 1 heterocycles. The molecule has 1 aliphatic rings. The number of hydrogen-bond donors (Lipinski definition) is 9. The second-order valence-electron chi connectivity index (χ2n) is 14.4.